The van der Waals surface area contributed by atoms with E-state index in [1.807, 2.05) is 4.90 Å². The van der Waals surface area contributed by atoms with Crippen molar-refractivity contribution in [3.05, 3.63) is 0 Å². The summed E-state index contributed by atoms with van der Waals surface area (Å²) in [5.74, 6) is -2.56. The van der Waals surface area contributed by atoms with Crippen LogP contribution in [-0.2, 0) is 4.79 Å². The third kappa shape index (κ3) is 2.20. The van der Waals surface area contributed by atoms with Crippen LogP contribution < -0.4 is 0 Å². The second-order valence-electron chi connectivity index (χ2n) is 5.01. The number of likely N-dealkylation sites (tertiary alicyclic amines) is 1. The Bertz CT molecular complexity index is 268. The molecule has 0 radical (unpaired) electrons. The predicted molar refractivity (Wildman–Crippen MR) is 57.3 cm³/mol. The van der Waals surface area contributed by atoms with E-state index in [0.717, 1.165) is 19.4 Å². The molecule has 1 unspecified atom stereocenters. The summed E-state index contributed by atoms with van der Waals surface area (Å²) in [6.45, 7) is 2.89. The summed E-state index contributed by atoms with van der Waals surface area (Å²) in [4.78, 5) is 13.9. The number of alkyl halides is 2. The molecule has 0 aromatic heterocycles. The third-order valence-corrected chi connectivity index (χ3v) is 3.96. The second kappa shape index (κ2) is 4.30. The highest BCUT2D eigenvalue weighted by molar-refractivity contribution is 5.80. The van der Waals surface area contributed by atoms with Crippen LogP contribution in [0.25, 0.3) is 0 Å². The molecule has 2 fully saturated rings. The Balaban J connectivity index is 1.87. The fourth-order valence-electron chi connectivity index (χ4n) is 2.68. The lowest BCUT2D eigenvalue weighted by Gasteiger charge is -2.43. The molecule has 1 saturated heterocycles. The summed E-state index contributed by atoms with van der Waals surface area (Å²) in [5, 5.41) is 0. The number of hydrogen-bond donors (Lipinski definition) is 0. The molecular formula is C12H19F2NO. The first-order chi connectivity index (χ1) is 7.53. The lowest BCUT2D eigenvalue weighted by molar-refractivity contribution is -0.147. The fourth-order valence-corrected chi connectivity index (χ4v) is 2.68. The van der Waals surface area contributed by atoms with Gasteiger partial charge in [-0.25, -0.2) is 8.78 Å². The Kier molecular flexibility index (Phi) is 3.17. The zero-order valence-electron chi connectivity index (χ0n) is 9.72. The van der Waals surface area contributed by atoms with Crippen LogP contribution in [0.5, 0.6) is 0 Å². The average Bonchev–Trinajstić information content (AvgIpc) is 2.16. The van der Waals surface area contributed by atoms with Crippen molar-refractivity contribution in [1.29, 1.82) is 0 Å². The maximum Gasteiger partial charge on any atom is 0.248 e. The molecule has 2 nitrogen and oxygen atoms in total. The van der Waals surface area contributed by atoms with E-state index in [9.17, 15) is 13.6 Å². The molecule has 2 aliphatic rings. The molecule has 0 bridgehead atoms. The first-order valence-electron chi connectivity index (χ1n) is 6.22. The standard InChI is InChI=1S/C12H19F2NO/c1-2-10-5-8-15(10)11(16)9-3-6-12(13,14)7-4-9/h9-10H,2-8H2,1H3. The SMILES string of the molecule is CCC1CCN1C(=O)C1CCC(F)(F)CC1. The number of halogens is 2. The topological polar surface area (TPSA) is 20.3 Å². The zero-order chi connectivity index (χ0) is 11.8. The summed E-state index contributed by atoms with van der Waals surface area (Å²) in [5.41, 5.74) is 0. The lowest BCUT2D eigenvalue weighted by atomic mass is 9.84. The van der Waals surface area contributed by atoms with Gasteiger partial charge in [-0.2, -0.15) is 0 Å². The molecule has 0 aromatic carbocycles. The van der Waals surface area contributed by atoms with Crippen LogP contribution in [0.15, 0.2) is 0 Å². The number of nitrogens with zero attached hydrogens (tertiary/aromatic N) is 1. The van der Waals surface area contributed by atoms with Gasteiger partial charge in [-0.1, -0.05) is 6.92 Å². The summed E-state index contributed by atoms with van der Waals surface area (Å²) in [6, 6.07) is 0.370. The molecule has 1 aliphatic heterocycles. The maximum absolute atomic E-state index is 13.0. The van der Waals surface area contributed by atoms with Crippen molar-refractivity contribution < 1.29 is 13.6 Å². The molecule has 16 heavy (non-hydrogen) atoms. The number of rotatable bonds is 2. The van der Waals surface area contributed by atoms with Gasteiger partial charge in [0, 0.05) is 31.3 Å². The molecule has 1 saturated carbocycles. The van der Waals surface area contributed by atoms with Crippen molar-refractivity contribution >= 4 is 5.91 Å². The van der Waals surface area contributed by atoms with Gasteiger partial charge in [0.05, 0.1) is 0 Å². The minimum atomic E-state index is -2.53. The molecule has 1 heterocycles. The van der Waals surface area contributed by atoms with Gasteiger partial charge in [-0.05, 0) is 25.7 Å². The van der Waals surface area contributed by atoms with Crippen molar-refractivity contribution in [2.24, 2.45) is 5.92 Å². The molecule has 1 atom stereocenters. The number of carbonyl (C=O) groups excluding carboxylic acids is 1. The molecule has 1 amide bonds. The van der Waals surface area contributed by atoms with E-state index in [-0.39, 0.29) is 24.7 Å². The Morgan fingerprint density at radius 1 is 1.31 bits per heavy atom. The van der Waals surface area contributed by atoms with Gasteiger partial charge in [-0.3, -0.25) is 4.79 Å². The van der Waals surface area contributed by atoms with E-state index >= 15 is 0 Å². The zero-order valence-corrected chi connectivity index (χ0v) is 9.72. The normalized spacial score (nSPS) is 29.9. The van der Waals surface area contributed by atoms with E-state index in [2.05, 4.69) is 6.92 Å². The van der Waals surface area contributed by atoms with Gasteiger partial charge >= 0.3 is 0 Å². The summed E-state index contributed by atoms with van der Waals surface area (Å²) >= 11 is 0. The average molecular weight is 231 g/mol. The molecule has 0 N–H and O–H groups in total. The third-order valence-electron chi connectivity index (χ3n) is 3.96. The van der Waals surface area contributed by atoms with Crippen LogP contribution in [0.1, 0.15) is 45.4 Å². The van der Waals surface area contributed by atoms with Crippen molar-refractivity contribution in [1.82, 2.24) is 4.90 Å². The smallest absolute Gasteiger partial charge is 0.248 e. The van der Waals surface area contributed by atoms with E-state index in [0.29, 0.717) is 18.9 Å². The minimum absolute atomic E-state index is 0.117. The van der Waals surface area contributed by atoms with E-state index in [4.69, 9.17) is 0 Å². The van der Waals surface area contributed by atoms with Crippen molar-refractivity contribution in [2.45, 2.75) is 57.4 Å². The largest absolute Gasteiger partial charge is 0.339 e. The molecule has 0 spiro atoms. The van der Waals surface area contributed by atoms with Gasteiger partial charge in [0.1, 0.15) is 0 Å². The molecule has 2 rings (SSSR count). The highest BCUT2D eigenvalue weighted by atomic mass is 19.3. The van der Waals surface area contributed by atoms with Gasteiger partial charge in [-0.15, -0.1) is 0 Å². The molecule has 0 aromatic rings. The highest BCUT2D eigenvalue weighted by Gasteiger charge is 2.41. The predicted octanol–water partition coefficient (Wildman–Crippen LogP) is 2.82. The van der Waals surface area contributed by atoms with Gasteiger partial charge < -0.3 is 4.90 Å². The lowest BCUT2D eigenvalue weighted by Crippen LogP contribution is -2.53. The number of hydrogen-bond acceptors (Lipinski definition) is 1. The fraction of sp³-hybridized carbons (Fsp3) is 0.917. The van der Waals surface area contributed by atoms with E-state index in [1.165, 1.54) is 0 Å². The summed E-state index contributed by atoms with van der Waals surface area (Å²) in [6.07, 6.45) is 2.54. The Hall–Kier alpha value is -0.670. The van der Waals surface area contributed by atoms with Gasteiger partial charge in [0.25, 0.3) is 0 Å². The monoisotopic (exact) mass is 231 g/mol. The van der Waals surface area contributed by atoms with Crippen LogP contribution in [-0.4, -0.2) is 29.3 Å². The Morgan fingerprint density at radius 2 is 1.94 bits per heavy atom. The van der Waals surface area contributed by atoms with E-state index in [1.54, 1.807) is 0 Å². The van der Waals surface area contributed by atoms with Gasteiger partial charge in [0.2, 0.25) is 11.8 Å². The van der Waals surface area contributed by atoms with Gasteiger partial charge in [0.15, 0.2) is 0 Å². The quantitative estimate of drug-likeness (QED) is 0.715. The van der Waals surface area contributed by atoms with Crippen LogP contribution in [0.3, 0.4) is 0 Å². The highest BCUT2D eigenvalue weighted by Crippen LogP contribution is 2.38. The molecule has 1 aliphatic carbocycles. The first-order valence-corrected chi connectivity index (χ1v) is 6.22. The Labute approximate surface area is 95.0 Å². The van der Waals surface area contributed by atoms with E-state index < -0.39 is 5.92 Å². The van der Waals surface area contributed by atoms with Crippen LogP contribution in [0.2, 0.25) is 0 Å². The summed E-state index contributed by atoms with van der Waals surface area (Å²) in [7, 11) is 0. The summed E-state index contributed by atoms with van der Waals surface area (Å²) < 4.78 is 25.9. The molecular weight excluding hydrogens is 212 g/mol. The number of amides is 1. The van der Waals surface area contributed by atoms with Crippen LogP contribution >= 0.6 is 0 Å². The number of carbonyl (C=O) groups is 1. The molecule has 4 heteroatoms. The van der Waals surface area contributed by atoms with Crippen molar-refractivity contribution in [3.8, 4) is 0 Å². The minimum Gasteiger partial charge on any atom is -0.339 e. The second-order valence-corrected chi connectivity index (χ2v) is 5.01. The van der Waals surface area contributed by atoms with Crippen LogP contribution in [0.4, 0.5) is 8.78 Å². The van der Waals surface area contributed by atoms with Crippen molar-refractivity contribution in [2.75, 3.05) is 6.54 Å². The molecule has 92 valence electrons. The Morgan fingerprint density at radius 3 is 2.38 bits per heavy atom. The first kappa shape index (κ1) is 11.8. The van der Waals surface area contributed by atoms with Crippen LogP contribution in [0, 0.1) is 5.92 Å². The van der Waals surface area contributed by atoms with Crippen molar-refractivity contribution in [3.63, 3.8) is 0 Å². The maximum atomic E-state index is 13.0.